The van der Waals surface area contributed by atoms with Crippen LogP contribution in [0.15, 0.2) is 24.3 Å². The van der Waals surface area contributed by atoms with Crippen molar-refractivity contribution in [1.82, 2.24) is 10.2 Å². The van der Waals surface area contributed by atoms with Crippen LogP contribution in [0.4, 0.5) is 0 Å². The van der Waals surface area contributed by atoms with Gasteiger partial charge in [0.2, 0.25) is 5.91 Å². The van der Waals surface area contributed by atoms with Gasteiger partial charge in [-0.1, -0.05) is 18.2 Å². The molecule has 1 aromatic rings. The van der Waals surface area contributed by atoms with Crippen molar-refractivity contribution in [2.24, 2.45) is 5.92 Å². The molecule has 118 valence electrons. The molecule has 1 unspecified atom stereocenters. The molecule has 1 aliphatic heterocycles. The predicted molar refractivity (Wildman–Crippen MR) is 87.2 cm³/mol. The van der Waals surface area contributed by atoms with Crippen LogP contribution >= 0.6 is 12.4 Å². The van der Waals surface area contributed by atoms with Crippen molar-refractivity contribution in [3.63, 3.8) is 0 Å². The summed E-state index contributed by atoms with van der Waals surface area (Å²) in [7, 11) is 1.88. The van der Waals surface area contributed by atoms with Crippen LogP contribution in [0.3, 0.4) is 0 Å². The standard InChI is InChI=1S/C16H24N2O2.ClH/c1-13-6-3-4-7-15(13)20-11-5-10-18(2)16(19)14-8-9-17-12-14;/h3-4,6-7,14,17H,5,8-12H2,1-2H3;1H. The summed E-state index contributed by atoms with van der Waals surface area (Å²) in [5.41, 5.74) is 1.15. The van der Waals surface area contributed by atoms with Crippen LogP contribution in [-0.2, 0) is 4.79 Å². The van der Waals surface area contributed by atoms with E-state index in [2.05, 4.69) is 5.32 Å². The van der Waals surface area contributed by atoms with Crippen LogP contribution in [0, 0.1) is 12.8 Å². The Kier molecular flexibility index (Phi) is 7.54. The second kappa shape index (κ2) is 8.90. The number of hydrogen-bond donors (Lipinski definition) is 1. The molecule has 0 saturated carbocycles. The number of halogens is 1. The Morgan fingerprint density at radius 2 is 2.19 bits per heavy atom. The maximum absolute atomic E-state index is 12.1. The lowest BCUT2D eigenvalue weighted by Crippen LogP contribution is -2.35. The second-order valence-electron chi connectivity index (χ2n) is 5.42. The molecule has 0 bridgehead atoms. The molecule has 0 aromatic heterocycles. The number of carbonyl (C=O) groups is 1. The molecule has 0 radical (unpaired) electrons. The first kappa shape index (κ1) is 17.8. The lowest BCUT2D eigenvalue weighted by molar-refractivity contribution is -0.133. The lowest BCUT2D eigenvalue weighted by Gasteiger charge is -2.20. The summed E-state index contributed by atoms with van der Waals surface area (Å²) in [6, 6.07) is 8.00. The molecule has 0 aliphatic carbocycles. The number of nitrogens with one attached hydrogen (secondary N) is 1. The van der Waals surface area contributed by atoms with Gasteiger partial charge in [-0.3, -0.25) is 4.79 Å². The summed E-state index contributed by atoms with van der Waals surface area (Å²) in [6.45, 7) is 5.22. The molecule has 2 rings (SSSR count). The monoisotopic (exact) mass is 312 g/mol. The van der Waals surface area contributed by atoms with Gasteiger partial charge in [0.1, 0.15) is 5.75 Å². The van der Waals surface area contributed by atoms with Gasteiger partial charge in [-0.15, -0.1) is 12.4 Å². The fourth-order valence-electron chi connectivity index (χ4n) is 2.49. The third-order valence-electron chi connectivity index (χ3n) is 3.77. The van der Waals surface area contributed by atoms with Crippen LogP contribution in [0.2, 0.25) is 0 Å². The first-order valence-corrected chi connectivity index (χ1v) is 7.32. The van der Waals surface area contributed by atoms with Gasteiger partial charge in [0, 0.05) is 20.1 Å². The summed E-state index contributed by atoms with van der Waals surface area (Å²) < 4.78 is 5.74. The van der Waals surface area contributed by atoms with Gasteiger partial charge in [-0.25, -0.2) is 0 Å². The van der Waals surface area contributed by atoms with Gasteiger partial charge in [-0.05, 0) is 37.9 Å². The predicted octanol–water partition coefficient (Wildman–Crippen LogP) is 2.25. The zero-order valence-electron chi connectivity index (χ0n) is 12.8. The maximum atomic E-state index is 12.1. The van der Waals surface area contributed by atoms with E-state index in [9.17, 15) is 4.79 Å². The smallest absolute Gasteiger partial charge is 0.226 e. The van der Waals surface area contributed by atoms with Gasteiger partial charge in [0.05, 0.1) is 12.5 Å². The molecule has 21 heavy (non-hydrogen) atoms. The van der Waals surface area contributed by atoms with Gasteiger partial charge in [-0.2, -0.15) is 0 Å². The molecule has 1 atom stereocenters. The van der Waals surface area contributed by atoms with E-state index in [1.807, 2.05) is 43.1 Å². The number of aryl methyl sites for hydroxylation is 1. The zero-order valence-corrected chi connectivity index (χ0v) is 13.6. The van der Waals surface area contributed by atoms with Crippen LogP contribution < -0.4 is 10.1 Å². The Hall–Kier alpha value is -1.26. The molecular formula is C16H25ClN2O2. The molecule has 1 saturated heterocycles. The van der Waals surface area contributed by atoms with Crippen molar-refractivity contribution < 1.29 is 9.53 Å². The minimum absolute atomic E-state index is 0. The van der Waals surface area contributed by atoms with E-state index in [0.717, 1.165) is 43.8 Å². The normalized spacial score (nSPS) is 17.1. The largest absolute Gasteiger partial charge is 0.493 e. The average molecular weight is 313 g/mol. The minimum atomic E-state index is 0. The van der Waals surface area contributed by atoms with E-state index in [4.69, 9.17) is 4.74 Å². The van der Waals surface area contributed by atoms with Crippen LogP contribution in [0.5, 0.6) is 5.75 Å². The van der Waals surface area contributed by atoms with Crippen molar-refractivity contribution in [3.8, 4) is 5.75 Å². The number of ether oxygens (including phenoxy) is 1. The Labute approximate surface area is 133 Å². The Balaban J connectivity index is 0.00000220. The Morgan fingerprint density at radius 1 is 1.43 bits per heavy atom. The molecule has 1 fully saturated rings. The summed E-state index contributed by atoms with van der Waals surface area (Å²) in [5.74, 6) is 1.35. The van der Waals surface area contributed by atoms with Crippen molar-refractivity contribution in [2.45, 2.75) is 19.8 Å². The van der Waals surface area contributed by atoms with Crippen molar-refractivity contribution in [3.05, 3.63) is 29.8 Å². The third-order valence-corrected chi connectivity index (χ3v) is 3.77. The molecule has 1 N–H and O–H groups in total. The van der Waals surface area contributed by atoms with E-state index in [-0.39, 0.29) is 24.2 Å². The highest BCUT2D eigenvalue weighted by atomic mass is 35.5. The number of benzene rings is 1. The number of amides is 1. The van der Waals surface area contributed by atoms with E-state index in [1.165, 1.54) is 0 Å². The molecule has 1 heterocycles. The van der Waals surface area contributed by atoms with E-state index in [1.54, 1.807) is 0 Å². The summed E-state index contributed by atoms with van der Waals surface area (Å²) >= 11 is 0. The lowest BCUT2D eigenvalue weighted by atomic mass is 10.1. The van der Waals surface area contributed by atoms with Crippen molar-refractivity contribution >= 4 is 18.3 Å². The van der Waals surface area contributed by atoms with Crippen LogP contribution in [-0.4, -0.2) is 44.1 Å². The molecule has 0 spiro atoms. The van der Waals surface area contributed by atoms with Gasteiger partial charge in [0.25, 0.3) is 0 Å². The number of carbonyl (C=O) groups excluding carboxylic acids is 1. The summed E-state index contributed by atoms with van der Waals surface area (Å²) in [6.07, 6.45) is 1.82. The first-order chi connectivity index (χ1) is 9.68. The first-order valence-electron chi connectivity index (χ1n) is 7.32. The summed E-state index contributed by atoms with van der Waals surface area (Å²) in [5, 5.41) is 3.23. The van der Waals surface area contributed by atoms with Gasteiger partial charge >= 0.3 is 0 Å². The minimum Gasteiger partial charge on any atom is -0.493 e. The molecule has 4 nitrogen and oxygen atoms in total. The SMILES string of the molecule is Cc1ccccc1OCCCN(C)C(=O)C1CCNC1.Cl. The number of hydrogen-bond acceptors (Lipinski definition) is 3. The fourth-order valence-corrected chi connectivity index (χ4v) is 2.49. The fraction of sp³-hybridized carbons (Fsp3) is 0.562. The molecule has 5 heteroatoms. The molecule has 1 amide bonds. The molecule has 1 aliphatic rings. The maximum Gasteiger partial charge on any atom is 0.226 e. The van der Waals surface area contributed by atoms with Crippen LogP contribution in [0.1, 0.15) is 18.4 Å². The van der Waals surface area contributed by atoms with Crippen molar-refractivity contribution in [1.29, 1.82) is 0 Å². The van der Waals surface area contributed by atoms with E-state index < -0.39 is 0 Å². The highest BCUT2D eigenvalue weighted by Gasteiger charge is 2.24. The topological polar surface area (TPSA) is 41.6 Å². The molecular weight excluding hydrogens is 288 g/mol. The highest BCUT2D eigenvalue weighted by Crippen LogP contribution is 2.16. The van der Waals surface area contributed by atoms with Gasteiger partial charge in [0.15, 0.2) is 0 Å². The third kappa shape index (κ3) is 5.21. The van der Waals surface area contributed by atoms with E-state index >= 15 is 0 Å². The Morgan fingerprint density at radius 3 is 2.86 bits per heavy atom. The number of para-hydroxylation sites is 1. The van der Waals surface area contributed by atoms with Crippen LogP contribution in [0.25, 0.3) is 0 Å². The quantitative estimate of drug-likeness (QED) is 0.819. The van der Waals surface area contributed by atoms with E-state index in [0.29, 0.717) is 6.61 Å². The second-order valence-corrected chi connectivity index (χ2v) is 5.42. The average Bonchev–Trinajstić information content (AvgIpc) is 2.98. The zero-order chi connectivity index (χ0) is 14.4. The van der Waals surface area contributed by atoms with Crippen molar-refractivity contribution in [2.75, 3.05) is 33.3 Å². The number of rotatable bonds is 6. The summed E-state index contributed by atoms with van der Waals surface area (Å²) in [4.78, 5) is 13.9. The highest BCUT2D eigenvalue weighted by molar-refractivity contribution is 5.85. The Bertz CT molecular complexity index is 448. The van der Waals surface area contributed by atoms with Gasteiger partial charge < -0.3 is 15.0 Å². The molecule has 1 aromatic carbocycles. The number of nitrogens with zero attached hydrogens (tertiary/aromatic N) is 1.